The fraction of sp³-hybridized carbons (Fsp3) is 0.167. The molecule has 0 saturated carbocycles. The summed E-state index contributed by atoms with van der Waals surface area (Å²) in [6, 6.07) is 6.97. The van der Waals surface area contributed by atoms with Crippen molar-refractivity contribution in [2.75, 3.05) is 11.4 Å². The van der Waals surface area contributed by atoms with E-state index in [0.717, 1.165) is 16.9 Å². The number of aromatic amines is 1. The number of urea groups is 1. The molecule has 1 aliphatic rings. The van der Waals surface area contributed by atoms with Gasteiger partial charge in [0.25, 0.3) is 0 Å². The minimum atomic E-state index is -0.384. The van der Waals surface area contributed by atoms with Gasteiger partial charge in [-0.05, 0) is 12.1 Å². The maximum Gasteiger partial charge on any atom is 0.328 e. The molecule has 7 nitrogen and oxygen atoms in total. The van der Waals surface area contributed by atoms with Crippen LogP contribution >= 0.6 is 0 Å². The quantitative estimate of drug-likeness (QED) is 0.836. The van der Waals surface area contributed by atoms with Crippen molar-refractivity contribution in [1.29, 1.82) is 0 Å². The van der Waals surface area contributed by atoms with Crippen LogP contribution in [0.15, 0.2) is 30.5 Å². The fourth-order valence-corrected chi connectivity index (χ4v) is 1.96. The highest BCUT2D eigenvalue weighted by Crippen LogP contribution is 2.22. The van der Waals surface area contributed by atoms with Gasteiger partial charge in [0, 0.05) is 24.2 Å². The summed E-state index contributed by atoms with van der Waals surface area (Å²) in [6.45, 7) is 0.397. The summed E-state index contributed by atoms with van der Waals surface area (Å²) in [5.74, 6) is -0.236. The Morgan fingerprint density at radius 2 is 1.95 bits per heavy atom. The molecule has 1 aliphatic heterocycles. The van der Waals surface area contributed by atoms with Crippen LogP contribution in [0, 0.1) is 0 Å². The maximum atomic E-state index is 11.7. The fourth-order valence-electron chi connectivity index (χ4n) is 1.96. The van der Waals surface area contributed by atoms with Crippen molar-refractivity contribution in [3.63, 3.8) is 0 Å². The summed E-state index contributed by atoms with van der Waals surface area (Å²) >= 11 is 0. The SMILES string of the molecule is O=C1CCN(c2ccc(-c3cn[nH]n3)cc2)C(=O)N1. The monoisotopic (exact) mass is 257 g/mol. The van der Waals surface area contributed by atoms with Crippen molar-refractivity contribution in [1.82, 2.24) is 20.7 Å². The molecule has 0 unspecified atom stereocenters. The highest BCUT2D eigenvalue weighted by molar-refractivity contribution is 6.05. The van der Waals surface area contributed by atoms with Crippen molar-refractivity contribution >= 4 is 17.6 Å². The van der Waals surface area contributed by atoms with Gasteiger partial charge in [-0.1, -0.05) is 12.1 Å². The van der Waals surface area contributed by atoms with Gasteiger partial charge in [0.1, 0.15) is 5.69 Å². The van der Waals surface area contributed by atoms with E-state index in [1.165, 1.54) is 4.90 Å². The number of H-pyrrole nitrogens is 1. The predicted octanol–water partition coefficient (Wildman–Crippen LogP) is 0.918. The highest BCUT2D eigenvalue weighted by atomic mass is 16.2. The third-order valence-electron chi connectivity index (χ3n) is 2.94. The summed E-state index contributed by atoms with van der Waals surface area (Å²) < 4.78 is 0. The minimum absolute atomic E-state index is 0.236. The molecule has 7 heteroatoms. The lowest BCUT2D eigenvalue weighted by molar-refractivity contribution is -0.120. The lowest BCUT2D eigenvalue weighted by atomic mass is 10.1. The van der Waals surface area contributed by atoms with Crippen LogP contribution in [0.4, 0.5) is 10.5 Å². The summed E-state index contributed by atoms with van der Waals surface area (Å²) in [6.07, 6.45) is 1.94. The molecule has 2 heterocycles. The van der Waals surface area contributed by atoms with Crippen LogP contribution in [0.5, 0.6) is 0 Å². The molecule has 3 amide bonds. The molecule has 1 fully saturated rings. The van der Waals surface area contributed by atoms with Gasteiger partial charge < -0.3 is 0 Å². The normalized spacial score (nSPS) is 15.5. The second-order valence-electron chi connectivity index (χ2n) is 4.16. The van der Waals surface area contributed by atoms with E-state index in [2.05, 4.69) is 20.7 Å². The Labute approximate surface area is 108 Å². The van der Waals surface area contributed by atoms with Gasteiger partial charge >= 0.3 is 6.03 Å². The largest absolute Gasteiger partial charge is 0.328 e. The average molecular weight is 257 g/mol. The van der Waals surface area contributed by atoms with Crippen molar-refractivity contribution in [3.8, 4) is 11.3 Å². The summed E-state index contributed by atoms with van der Waals surface area (Å²) in [7, 11) is 0. The Morgan fingerprint density at radius 1 is 1.16 bits per heavy atom. The molecule has 2 N–H and O–H groups in total. The standard InChI is InChI=1S/C12H11N5O2/c18-11-5-6-17(12(19)14-11)9-3-1-8(2-4-9)10-7-13-16-15-10/h1-4,7H,5-6H2,(H,13,15,16)(H,14,18,19). The Kier molecular flexibility index (Phi) is 2.71. The zero-order chi connectivity index (χ0) is 13.2. The number of imide groups is 1. The number of amides is 3. The van der Waals surface area contributed by atoms with E-state index in [0.29, 0.717) is 13.0 Å². The minimum Gasteiger partial charge on any atom is -0.294 e. The molecule has 0 spiro atoms. The predicted molar refractivity (Wildman–Crippen MR) is 67.3 cm³/mol. The Hall–Kier alpha value is -2.70. The number of hydrogen-bond donors (Lipinski definition) is 2. The van der Waals surface area contributed by atoms with Crippen LogP contribution in [0.2, 0.25) is 0 Å². The van der Waals surface area contributed by atoms with Gasteiger partial charge in [-0.3, -0.25) is 15.0 Å². The number of nitrogens with one attached hydrogen (secondary N) is 2. The van der Waals surface area contributed by atoms with Crippen molar-refractivity contribution in [2.24, 2.45) is 0 Å². The topological polar surface area (TPSA) is 91.0 Å². The number of anilines is 1. The third-order valence-corrected chi connectivity index (χ3v) is 2.94. The summed E-state index contributed by atoms with van der Waals surface area (Å²) in [5.41, 5.74) is 2.40. The first-order valence-corrected chi connectivity index (χ1v) is 5.81. The Bertz CT molecular complexity index is 606. The Balaban J connectivity index is 1.83. The highest BCUT2D eigenvalue weighted by Gasteiger charge is 2.23. The zero-order valence-corrected chi connectivity index (χ0v) is 9.96. The first-order chi connectivity index (χ1) is 9.24. The molecule has 0 radical (unpaired) electrons. The molecule has 3 rings (SSSR count). The molecule has 0 atom stereocenters. The molecule has 1 saturated heterocycles. The number of aromatic nitrogens is 3. The number of carbonyl (C=O) groups is 2. The van der Waals surface area contributed by atoms with E-state index in [4.69, 9.17) is 0 Å². The number of benzene rings is 1. The molecule has 0 aliphatic carbocycles. The van der Waals surface area contributed by atoms with E-state index in [1.807, 2.05) is 24.3 Å². The van der Waals surface area contributed by atoms with Crippen LogP contribution < -0.4 is 10.2 Å². The molecule has 19 heavy (non-hydrogen) atoms. The van der Waals surface area contributed by atoms with Crippen molar-refractivity contribution in [2.45, 2.75) is 6.42 Å². The Morgan fingerprint density at radius 3 is 2.58 bits per heavy atom. The molecule has 1 aromatic carbocycles. The van der Waals surface area contributed by atoms with E-state index in [1.54, 1.807) is 6.20 Å². The van der Waals surface area contributed by atoms with Gasteiger partial charge in [-0.15, -0.1) is 0 Å². The van der Waals surface area contributed by atoms with E-state index in [9.17, 15) is 9.59 Å². The van der Waals surface area contributed by atoms with Crippen molar-refractivity contribution in [3.05, 3.63) is 30.5 Å². The van der Waals surface area contributed by atoms with Gasteiger partial charge in [0.15, 0.2) is 0 Å². The van der Waals surface area contributed by atoms with Crippen molar-refractivity contribution < 1.29 is 9.59 Å². The van der Waals surface area contributed by atoms with Gasteiger partial charge in [-0.2, -0.15) is 15.4 Å². The second kappa shape index (κ2) is 4.52. The zero-order valence-electron chi connectivity index (χ0n) is 9.96. The van der Waals surface area contributed by atoms with Crippen LogP contribution in [-0.4, -0.2) is 33.9 Å². The lowest BCUT2D eigenvalue weighted by Crippen LogP contribution is -2.49. The first kappa shape index (κ1) is 11.4. The first-order valence-electron chi connectivity index (χ1n) is 5.81. The van der Waals surface area contributed by atoms with Crippen LogP contribution in [-0.2, 0) is 4.79 Å². The van der Waals surface area contributed by atoms with E-state index >= 15 is 0 Å². The van der Waals surface area contributed by atoms with Crippen LogP contribution in [0.1, 0.15) is 6.42 Å². The van der Waals surface area contributed by atoms with E-state index in [-0.39, 0.29) is 11.9 Å². The average Bonchev–Trinajstić information content (AvgIpc) is 2.93. The summed E-state index contributed by atoms with van der Waals surface area (Å²) in [5, 5.41) is 12.6. The molecule has 2 aromatic rings. The number of nitrogens with zero attached hydrogens (tertiary/aromatic N) is 3. The number of hydrogen-bond acceptors (Lipinski definition) is 4. The van der Waals surface area contributed by atoms with Crippen LogP contribution in [0.25, 0.3) is 11.3 Å². The molecule has 1 aromatic heterocycles. The lowest BCUT2D eigenvalue weighted by Gasteiger charge is -2.26. The third kappa shape index (κ3) is 2.17. The van der Waals surface area contributed by atoms with E-state index < -0.39 is 0 Å². The maximum absolute atomic E-state index is 11.7. The van der Waals surface area contributed by atoms with Gasteiger partial charge in [-0.25, -0.2) is 4.79 Å². The second-order valence-corrected chi connectivity index (χ2v) is 4.16. The molecular formula is C12H11N5O2. The smallest absolute Gasteiger partial charge is 0.294 e. The van der Waals surface area contributed by atoms with Crippen LogP contribution in [0.3, 0.4) is 0 Å². The summed E-state index contributed by atoms with van der Waals surface area (Å²) in [4.78, 5) is 24.3. The number of rotatable bonds is 2. The molecule has 96 valence electrons. The van der Waals surface area contributed by atoms with Gasteiger partial charge in [0.05, 0.1) is 6.20 Å². The molecule has 0 bridgehead atoms. The number of carbonyl (C=O) groups excluding carboxylic acids is 2. The molecular weight excluding hydrogens is 246 g/mol. The van der Waals surface area contributed by atoms with Gasteiger partial charge in [0.2, 0.25) is 5.91 Å².